The van der Waals surface area contributed by atoms with E-state index in [1.54, 1.807) is 12.1 Å². The summed E-state index contributed by atoms with van der Waals surface area (Å²) in [6, 6.07) is 7.92. The lowest BCUT2D eigenvalue weighted by Crippen LogP contribution is -2.44. The number of piperazine rings is 1. The number of hydrogen-bond donors (Lipinski definition) is 0. The summed E-state index contributed by atoms with van der Waals surface area (Å²) in [5, 5.41) is 0. The van der Waals surface area contributed by atoms with Crippen LogP contribution in [0.2, 0.25) is 0 Å². The van der Waals surface area contributed by atoms with E-state index in [1.807, 2.05) is 7.05 Å². The van der Waals surface area contributed by atoms with Gasteiger partial charge in [0.25, 0.3) is 10.0 Å². The normalized spacial score (nSPS) is 17.7. The molecular formula is C21H24F3N3O3S. The van der Waals surface area contributed by atoms with Crippen molar-refractivity contribution in [1.29, 1.82) is 0 Å². The van der Waals surface area contributed by atoms with E-state index in [0.717, 1.165) is 38.3 Å². The van der Waals surface area contributed by atoms with Gasteiger partial charge in [0, 0.05) is 32.7 Å². The van der Waals surface area contributed by atoms with E-state index < -0.39 is 21.8 Å². The number of fused-ring (bicyclic) bond motifs is 1. The molecule has 0 atom stereocenters. The van der Waals surface area contributed by atoms with Crippen molar-refractivity contribution in [2.75, 3.05) is 56.1 Å². The third-order valence-electron chi connectivity index (χ3n) is 5.84. The molecule has 2 aromatic carbocycles. The molecule has 168 valence electrons. The summed E-state index contributed by atoms with van der Waals surface area (Å²) in [6.07, 6.45) is -4.23. The number of benzene rings is 2. The topological polar surface area (TPSA) is 53.1 Å². The zero-order valence-electron chi connectivity index (χ0n) is 17.3. The van der Waals surface area contributed by atoms with Crippen LogP contribution in [0.5, 0.6) is 5.75 Å². The zero-order valence-corrected chi connectivity index (χ0v) is 18.1. The molecular weight excluding hydrogens is 431 g/mol. The van der Waals surface area contributed by atoms with Gasteiger partial charge in [-0.1, -0.05) is 0 Å². The third kappa shape index (κ3) is 4.06. The SMILES string of the molecule is COc1ccc(S(=O)(=O)N2CCc3cc(C(F)(F)F)ccc32)cc1N1CCN(C)CC1. The minimum absolute atomic E-state index is 0.0926. The van der Waals surface area contributed by atoms with Gasteiger partial charge in [0.2, 0.25) is 0 Å². The summed E-state index contributed by atoms with van der Waals surface area (Å²) in [5.74, 6) is 0.583. The highest BCUT2D eigenvalue weighted by Gasteiger charge is 2.36. The monoisotopic (exact) mass is 455 g/mol. The summed E-state index contributed by atoms with van der Waals surface area (Å²) in [7, 11) is -0.366. The lowest BCUT2D eigenvalue weighted by molar-refractivity contribution is -0.137. The van der Waals surface area contributed by atoms with E-state index in [1.165, 1.54) is 23.5 Å². The van der Waals surface area contributed by atoms with Gasteiger partial charge >= 0.3 is 6.18 Å². The Bertz CT molecular complexity index is 1080. The molecule has 0 amide bonds. The number of nitrogens with zero attached hydrogens (tertiary/aromatic N) is 3. The predicted molar refractivity (Wildman–Crippen MR) is 112 cm³/mol. The molecule has 2 aliphatic heterocycles. The highest BCUT2D eigenvalue weighted by molar-refractivity contribution is 7.92. The number of methoxy groups -OCH3 is 1. The number of sulfonamides is 1. The lowest BCUT2D eigenvalue weighted by atomic mass is 10.1. The third-order valence-corrected chi connectivity index (χ3v) is 7.65. The van der Waals surface area contributed by atoms with Gasteiger partial charge < -0.3 is 14.5 Å². The Hall–Kier alpha value is -2.46. The molecule has 2 heterocycles. The molecule has 1 saturated heterocycles. The van der Waals surface area contributed by atoms with Crippen LogP contribution in [0.3, 0.4) is 0 Å². The average molecular weight is 456 g/mol. The second-order valence-electron chi connectivity index (χ2n) is 7.79. The van der Waals surface area contributed by atoms with Gasteiger partial charge in [-0.2, -0.15) is 13.2 Å². The molecule has 0 aliphatic carbocycles. The number of likely N-dealkylation sites (N-methyl/N-ethyl adjacent to an activating group) is 1. The Balaban J connectivity index is 1.68. The number of ether oxygens (including phenoxy) is 1. The Morgan fingerprint density at radius 2 is 1.65 bits per heavy atom. The van der Waals surface area contributed by atoms with Crippen LogP contribution in [0.25, 0.3) is 0 Å². The van der Waals surface area contributed by atoms with Crippen molar-refractivity contribution in [3.63, 3.8) is 0 Å². The maximum absolute atomic E-state index is 13.4. The molecule has 1 fully saturated rings. The molecule has 0 N–H and O–H groups in total. The highest BCUT2D eigenvalue weighted by atomic mass is 32.2. The van der Waals surface area contributed by atoms with Gasteiger partial charge in [-0.3, -0.25) is 4.31 Å². The van der Waals surface area contributed by atoms with E-state index in [9.17, 15) is 21.6 Å². The van der Waals surface area contributed by atoms with Crippen LogP contribution in [0, 0.1) is 0 Å². The Morgan fingerprint density at radius 1 is 0.935 bits per heavy atom. The fraction of sp³-hybridized carbons (Fsp3) is 0.429. The summed E-state index contributed by atoms with van der Waals surface area (Å²) in [4.78, 5) is 4.38. The molecule has 4 rings (SSSR count). The maximum atomic E-state index is 13.4. The molecule has 31 heavy (non-hydrogen) atoms. The number of alkyl halides is 3. The zero-order chi connectivity index (χ0) is 22.4. The molecule has 0 bridgehead atoms. The van der Waals surface area contributed by atoms with Gasteiger partial charge in [-0.15, -0.1) is 0 Å². The molecule has 0 spiro atoms. The second-order valence-corrected chi connectivity index (χ2v) is 9.65. The predicted octanol–water partition coefficient (Wildman–Crippen LogP) is 3.22. The number of hydrogen-bond acceptors (Lipinski definition) is 5. The Kier molecular flexibility index (Phi) is 5.55. The maximum Gasteiger partial charge on any atom is 0.416 e. The van der Waals surface area contributed by atoms with Crippen LogP contribution < -0.4 is 13.9 Å². The van der Waals surface area contributed by atoms with Gasteiger partial charge in [0.15, 0.2) is 0 Å². The Morgan fingerprint density at radius 3 is 2.29 bits per heavy atom. The summed E-state index contributed by atoms with van der Waals surface area (Å²) < 4.78 is 72.5. The molecule has 0 aromatic heterocycles. The first-order valence-corrected chi connectivity index (χ1v) is 11.4. The van der Waals surface area contributed by atoms with Crippen molar-refractivity contribution < 1.29 is 26.3 Å². The molecule has 0 saturated carbocycles. The summed E-state index contributed by atoms with van der Waals surface area (Å²) >= 11 is 0. The molecule has 6 nitrogen and oxygen atoms in total. The first-order chi connectivity index (χ1) is 14.6. The largest absolute Gasteiger partial charge is 0.495 e. The fourth-order valence-corrected chi connectivity index (χ4v) is 5.57. The van der Waals surface area contributed by atoms with Crippen LogP contribution in [0.4, 0.5) is 24.5 Å². The van der Waals surface area contributed by atoms with Crippen LogP contribution in [-0.2, 0) is 22.6 Å². The van der Waals surface area contributed by atoms with E-state index in [4.69, 9.17) is 4.74 Å². The highest BCUT2D eigenvalue weighted by Crippen LogP contribution is 2.39. The van der Waals surface area contributed by atoms with Crippen LogP contribution in [0.15, 0.2) is 41.3 Å². The van der Waals surface area contributed by atoms with Crippen molar-refractivity contribution >= 4 is 21.4 Å². The van der Waals surface area contributed by atoms with Crippen LogP contribution in [0.1, 0.15) is 11.1 Å². The van der Waals surface area contributed by atoms with Crippen molar-refractivity contribution in [3.05, 3.63) is 47.5 Å². The molecule has 0 unspecified atom stereocenters. The average Bonchev–Trinajstić information content (AvgIpc) is 3.17. The smallest absolute Gasteiger partial charge is 0.416 e. The molecule has 10 heteroatoms. The van der Waals surface area contributed by atoms with E-state index >= 15 is 0 Å². The van der Waals surface area contributed by atoms with E-state index in [0.29, 0.717) is 22.7 Å². The van der Waals surface area contributed by atoms with Gasteiger partial charge in [-0.05, 0) is 55.4 Å². The number of rotatable bonds is 4. The van der Waals surface area contributed by atoms with Crippen molar-refractivity contribution in [2.45, 2.75) is 17.5 Å². The molecule has 2 aromatic rings. The minimum atomic E-state index is -4.46. The minimum Gasteiger partial charge on any atom is -0.495 e. The number of halogens is 3. The van der Waals surface area contributed by atoms with Crippen LogP contribution >= 0.6 is 0 Å². The molecule has 0 radical (unpaired) electrons. The van der Waals surface area contributed by atoms with E-state index in [-0.39, 0.29) is 17.9 Å². The van der Waals surface area contributed by atoms with Gasteiger partial charge in [-0.25, -0.2) is 8.42 Å². The molecule has 2 aliphatic rings. The first-order valence-electron chi connectivity index (χ1n) is 9.95. The quantitative estimate of drug-likeness (QED) is 0.709. The summed E-state index contributed by atoms with van der Waals surface area (Å²) in [6.45, 7) is 3.28. The van der Waals surface area contributed by atoms with Crippen molar-refractivity contribution in [1.82, 2.24) is 4.90 Å². The fourth-order valence-electron chi connectivity index (χ4n) is 4.05. The van der Waals surface area contributed by atoms with Crippen molar-refractivity contribution in [2.24, 2.45) is 0 Å². The second kappa shape index (κ2) is 7.90. The van der Waals surface area contributed by atoms with Gasteiger partial charge in [0.05, 0.1) is 28.9 Å². The van der Waals surface area contributed by atoms with Gasteiger partial charge in [0.1, 0.15) is 5.75 Å². The Labute approximate surface area is 179 Å². The standard InChI is InChI=1S/C21H24F3N3O3S/c1-25-9-11-26(12-10-25)19-14-17(4-6-20(19)30-2)31(28,29)27-8-7-15-13-16(21(22,23)24)3-5-18(15)27/h3-6,13-14H,7-12H2,1-2H3. The first kappa shape index (κ1) is 21.8. The van der Waals surface area contributed by atoms with E-state index in [2.05, 4.69) is 9.80 Å². The summed E-state index contributed by atoms with van der Waals surface area (Å²) in [5.41, 5.74) is 0.604. The van der Waals surface area contributed by atoms with Crippen molar-refractivity contribution in [3.8, 4) is 5.75 Å². The van der Waals surface area contributed by atoms with Crippen LogP contribution in [-0.4, -0.2) is 60.2 Å². The number of anilines is 2. The lowest BCUT2D eigenvalue weighted by Gasteiger charge is -2.35.